The van der Waals surface area contributed by atoms with E-state index >= 15 is 0 Å². The van der Waals surface area contributed by atoms with Gasteiger partial charge >= 0.3 is 0 Å². The van der Waals surface area contributed by atoms with E-state index in [9.17, 15) is 4.79 Å². The summed E-state index contributed by atoms with van der Waals surface area (Å²) < 4.78 is 7.16. The Morgan fingerprint density at radius 1 is 1.03 bits per heavy atom. The molecule has 3 aromatic rings. The summed E-state index contributed by atoms with van der Waals surface area (Å²) in [6.07, 6.45) is 0. The van der Waals surface area contributed by atoms with Crippen LogP contribution in [0.25, 0.3) is 11.4 Å². The van der Waals surface area contributed by atoms with E-state index in [2.05, 4.69) is 39.4 Å². The summed E-state index contributed by atoms with van der Waals surface area (Å²) in [6, 6.07) is 18.2. The van der Waals surface area contributed by atoms with Gasteiger partial charge in [-0.15, -0.1) is 10.2 Å². The Balaban J connectivity index is 1.32. The van der Waals surface area contributed by atoms with Gasteiger partial charge in [0.25, 0.3) is 0 Å². The zero-order valence-corrected chi connectivity index (χ0v) is 19.6. The third-order valence-electron chi connectivity index (χ3n) is 5.75. The van der Waals surface area contributed by atoms with Crippen LogP contribution in [-0.4, -0.2) is 69.0 Å². The van der Waals surface area contributed by atoms with E-state index in [1.54, 1.807) is 7.11 Å². The maximum Gasteiger partial charge on any atom is 0.235 e. The number of hydrogen-bond donors (Lipinski definition) is 0. The van der Waals surface area contributed by atoms with E-state index in [0.717, 1.165) is 55.0 Å². The third-order valence-corrected chi connectivity index (χ3v) is 6.87. The van der Waals surface area contributed by atoms with Crippen molar-refractivity contribution in [2.24, 2.45) is 7.05 Å². The first-order chi connectivity index (χ1) is 15.5. The summed E-state index contributed by atoms with van der Waals surface area (Å²) in [7, 11) is 3.58. The predicted octanol–water partition coefficient (Wildman–Crippen LogP) is 3.32. The van der Waals surface area contributed by atoms with Crippen LogP contribution >= 0.6 is 11.8 Å². The van der Waals surface area contributed by atoms with Crippen molar-refractivity contribution < 1.29 is 9.53 Å². The van der Waals surface area contributed by atoms with Gasteiger partial charge < -0.3 is 14.2 Å². The van der Waals surface area contributed by atoms with E-state index in [1.165, 1.54) is 17.3 Å². The molecule has 0 N–H and O–H groups in total. The minimum atomic E-state index is -0.220. The van der Waals surface area contributed by atoms with Crippen molar-refractivity contribution in [1.82, 2.24) is 24.6 Å². The van der Waals surface area contributed by atoms with Crippen molar-refractivity contribution in [3.05, 3.63) is 60.2 Å². The van der Waals surface area contributed by atoms with Crippen molar-refractivity contribution >= 4 is 17.7 Å². The van der Waals surface area contributed by atoms with Crippen LogP contribution in [0.1, 0.15) is 12.5 Å². The Kier molecular flexibility index (Phi) is 7.12. The molecule has 4 rings (SSSR count). The molecule has 0 aliphatic carbocycles. The normalized spacial score (nSPS) is 15.5. The average molecular weight is 452 g/mol. The molecular weight excluding hydrogens is 422 g/mol. The van der Waals surface area contributed by atoms with Crippen LogP contribution in [0.3, 0.4) is 0 Å². The smallest absolute Gasteiger partial charge is 0.235 e. The molecule has 2 heterocycles. The van der Waals surface area contributed by atoms with Gasteiger partial charge in [-0.2, -0.15) is 0 Å². The standard InChI is InChI=1S/C24H29N5O2S/c1-18(23(30)29-15-13-28(14-16-29)17-19-7-5-4-6-8-19)32-24-26-25-22(27(24)2)20-9-11-21(31-3)12-10-20/h4-12,18H,13-17H2,1-3H3/t18-/m0/s1. The van der Waals surface area contributed by atoms with E-state index in [-0.39, 0.29) is 11.2 Å². The number of ether oxygens (including phenoxy) is 1. The molecule has 1 atom stereocenters. The fourth-order valence-electron chi connectivity index (χ4n) is 3.84. The molecule has 1 amide bonds. The van der Waals surface area contributed by atoms with Gasteiger partial charge in [-0.1, -0.05) is 42.1 Å². The number of amides is 1. The lowest BCUT2D eigenvalue weighted by molar-refractivity contribution is -0.132. The quantitative estimate of drug-likeness (QED) is 0.514. The Labute approximate surface area is 193 Å². The first-order valence-electron chi connectivity index (χ1n) is 10.8. The molecule has 7 nitrogen and oxygen atoms in total. The summed E-state index contributed by atoms with van der Waals surface area (Å²) >= 11 is 1.46. The lowest BCUT2D eigenvalue weighted by atomic mass is 10.2. The average Bonchev–Trinajstić information content (AvgIpc) is 3.19. The molecule has 1 fully saturated rings. The van der Waals surface area contributed by atoms with Crippen LogP contribution < -0.4 is 4.74 Å². The minimum Gasteiger partial charge on any atom is -0.497 e. The third kappa shape index (κ3) is 5.14. The SMILES string of the molecule is COc1ccc(-c2nnc(S[C@@H](C)C(=O)N3CCN(Cc4ccccc4)CC3)n2C)cc1. The molecule has 1 aromatic heterocycles. The molecule has 1 saturated heterocycles. The fourth-order valence-corrected chi connectivity index (χ4v) is 4.74. The lowest BCUT2D eigenvalue weighted by Gasteiger charge is -2.35. The van der Waals surface area contributed by atoms with Crippen molar-refractivity contribution in [2.75, 3.05) is 33.3 Å². The highest BCUT2D eigenvalue weighted by atomic mass is 32.2. The number of nitrogens with zero attached hydrogens (tertiary/aromatic N) is 5. The topological polar surface area (TPSA) is 63.5 Å². The van der Waals surface area contributed by atoms with Gasteiger partial charge in [-0.25, -0.2) is 0 Å². The second-order valence-corrected chi connectivity index (χ2v) is 9.25. The van der Waals surface area contributed by atoms with Gasteiger partial charge in [0, 0.05) is 45.3 Å². The van der Waals surface area contributed by atoms with Gasteiger partial charge in [0.05, 0.1) is 12.4 Å². The molecule has 0 radical (unpaired) electrons. The van der Waals surface area contributed by atoms with E-state index in [0.29, 0.717) is 0 Å². The van der Waals surface area contributed by atoms with Crippen molar-refractivity contribution in [3.8, 4) is 17.1 Å². The van der Waals surface area contributed by atoms with Gasteiger partial charge in [0.1, 0.15) is 5.75 Å². The summed E-state index contributed by atoms with van der Waals surface area (Å²) in [6.45, 7) is 6.18. The number of hydrogen-bond acceptors (Lipinski definition) is 6. The summed E-state index contributed by atoms with van der Waals surface area (Å²) in [5.74, 6) is 1.72. The highest BCUT2D eigenvalue weighted by Gasteiger charge is 2.27. The van der Waals surface area contributed by atoms with Crippen molar-refractivity contribution in [1.29, 1.82) is 0 Å². The number of rotatable bonds is 7. The van der Waals surface area contributed by atoms with E-state index in [4.69, 9.17) is 4.74 Å². The second kappa shape index (κ2) is 10.2. The summed E-state index contributed by atoms with van der Waals surface area (Å²) in [5, 5.41) is 9.18. The first-order valence-corrected chi connectivity index (χ1v) is 11.7. The van der Waals surface area contributed by atoms with Gasteiger partial charge in [-0.3, -0.25) is 9.69 Å². The molecule has 0 unspecified atom stereocenters. The molecule has 2 aromatic carbocycles. The highest BCUT2D eigenvalue weighted by molar-refractivity contribution is 8.00. The van der Waals surface area contributed by atoms with Gasteiger partial charge in [0.2, 0.25) is 5.91 Å². The van der Waals surface area contributed by atoms with Gasteiger partial charge in [0.15, 0.2) is 11.0 Å². The largest absolute Gasteiger partial charge is 0.497 e. The second-order valence-electron chi connectivity index (χ2n) is 7.94. The molecule has 32 heavy (non-hydrogen) atoms. The van der Waals surface area contributed by atoms with Crippen LogP contribution in [0.2, 0.25) is 0 Å². The fraction of sp³-hybridized carbons (Fsp3) is 0.375. The van der Waals surface area contributed by atoms with Crippen LogP contribution in [-0.2, 0) is 18.4 Å². The molecule has 1 aliphatic heterocycles. The summed E-state index contributed by atoms with van der Waals surface area (Å²) in [4.78, 5) is 17.4. The summed E-state index contributed by atoms with van der Waals surface area (Å²) in [5.41, 5.74) is 2.27. The van der Waals surface area contributed by atoms with Crippen LogP contribution in [0, 0.1) is 0 Å². The molecule has 168 valence electrons. The molecule has 0 saturated carbocycles. The monoisotopic (exact) mass is 451 g/mol. The number of carbonyl (C=O) groups excluding carboxylic acids is 1. The highest BCUT2D eigenvalue weighted by Crippen LogP contribution is 2.27. The Hall–Kier alpha value is -2.84. The van der Waals surface area contributed by atoms with Crippen LogP contribution in [0.15, 0.2) is 59.8 Å². The van der Waals surface area contributed by atoms with E-state index < -0.39 is 0 Å². The maximum absolute atomic E-state index is 13.0. The zero-order chi connectivity index (χ0) is 22.5. The Morgan fingerprint density at radius 3 is 2.38 bits per heavy atom. The number of benzene rings is 2. The molecule has 1 aliphatic rings. The van der Waals surface area contributed by atoms with Crippen molar-refractivity contribution in [2.45, 2.75) is 23.9 Å². The maximum atomic E-state index is 13.0. The number of piperazine rings is 1. The lowest BCUT2D eigenvalue weighted by Crippen LogP contribution is -2.50. The van der Waals surface area contributed by atoms with E-state index in [1.807, 2.05) is 53.8 Å². The number of carbonyl (C=O) groups is 1. The molecule has 0 bridgehead atoms. The van der Waals surface area contributed by atoms with Gasteiger partial charge in [-0.05, 0) is 36.8 Å². The zero-order valence-electron chi connectivity index (χ0n) is 18.8. The molecule has 8 heteroatoms. The van der Waals surface area contributed by atoms with Crippen LogP contribution in [0.5, 0.6) is 5.75 Å². The minimum absolute atomic E-state index is 0.156. The molecular formula is C24H29N5O2S. The molecule has 0 spiro atoms. The predicted molar refractivity (Wildman–Crippen MR) is 127 cm³/mol. The Bertz CT molecular complexity index is 1030. The number of methoxy groups -OCH3 is 1. The van der Waals surface area contributed by atoms with Crippen LogP contribution in [0.4, 0.5) is 0 Å². The number of thioether (sulfide) groups is 1. The van der Waals surface area contributed by atoms with Crippen molar-refractivity contribution in [3.63, 3.8) is 0 Å². The first kappa shape index (κ1) is 22.4. The Morgan fingerprint density at radius 2 is 1.72 bits per heavy atom. The number of aromatic nitrogens is 3.